The summed E-state index contributed by atoms with van der Waals surface area (Å²) in [4.78, 5) is 21.3. The first-order chi connectivity index (χ1) is 7.70. The quantitative estimate of drug-likeness (QED) is 0.663. The van der Waals surface area contributed by atoms with Crippen LogP contribution in [-0.4, -0.2) is 58.2 Å². The van der Waals surface area contributed by atoms with Crippen molar-refractivity contribution in [3.63, 3.8) is 0 Å². The number of rotatable bonds is 2. The normalized spacial score (nSPS) is 24.4. The van der Waals surface area contributed by atoms with E-state index in [9.17, 15) is 9.90 Å². The van der Waals surface area contributed by atoms with Crippen LogP contribution in [0.15, 0.2) is 18.6 Å². The lowest BCUT2D eigenvalue weighted by molar-refractivity contribution is 0.0575. The molecule has 1 aromatic heterocycles. The molecule has 0 saturated carbocycles. The van der Waals surface area contributed by atoms with Gasteiger partial charge in [-0.25, -0.2) is 4.98 Å². The molecule has 0 aliphatic carbocycles. The summed E-state index contributed by atoms with van der Waals surface area (Å²) in [7, 11) is 1.66. The van der Waals surface area contributed by atoms with Crippen molar-refractivity contribution < 1.29 is 9.90 Å². The molecule has 2 rings (SSSR count). The Morgan fingerprint density at radius 3 is 2.94 bits per heavy atom. The van der Waals surface area contributed by atoms with Crippen LogP contribution in [0.4, 0.5) is 0 Å². The highest BCUT2D eigenvalue weighted by molar-refractivity contribution is 5.92. The number of nitrogens with one attached hydrogen (secondary N) is 1. The highest BCUT2D eigenvalue weighted by Crippen LogP contribution is 2.10. The van der Waals surface area contributed by atoms with E-state index >= 15 is 0 Å². The SMILES string of the molecule is CN(C(=O)c1cnccn1)[C@H]1CNC[C@@H]1O. The fourth-order valence-electron chi connectivity index (χ4n) is 1.79. The largest absolute Gasteiger partial charge is 0.390 e. The Bertz CT molecular complexity index is 370. The predicted octanol–water partition coefficient (Wildman–Crippen LogP) is -1.12. The lowest BCUT2D eigenvalue weighted by atomic mass is 10.2. The topological polar surface area (TPSA) is 78.4 Å². The summed E-state index contributed by atoms with van der Waals surface area (Å²) in [5, 5.41) is 12.7. The van der Waals surface area contributed by atoms with Gasteiger partial charge in [0, 0.05) is 32.5 Å². The van der Waals surface area contributed by atoms with E-state index in [-0.39, 0.29) is 11.9 Å². The molecular formula is C10H14N4O2. The van der Waals surface area contributed by atoms with Crippen LogP contribution in [0.3, 0.4) is 0 Å². The summed E-state index contributed by atoms with van der Waals surface area (Å²) >= 11 is 0. The third-order valence-corrected chi connectivity index (χ3v) is 2.75. The van der Waals surface area contributed by atoms with Gasteiger partial charge in [0.15, 0.2) is 0 Å². The zero-order valence-corrected chi connectivity index (χ0v) is 9.00. The Labute approximate surface area is 93.3 Å². The van der Waals surface area contributed by atoms with Crippen LogP contribution < -0.4 is 5.32 Å². The molecule has 0 aromatic carbocycles. The van der Waals surface area contributed by atoms with Crippen molar-refractivity contribution in [3.05, 3.63) is 24.3 Å². The molecule has 1 fully saturated rings. The number of amides is 1. The average molecular weight is 222 g/mol. The minimum absolute atomic E-state index is 0.200. The van der Waals surface area contributed by atoms with Crippen LogP contribution in [0.1, 0.15) is 10.5 Å². The van der Waals surface area contributed by atoms with Crippen molar-refractivity contribution in [2.24, 2.45) is 0 Å². The number of aromatic nitrogens is 2. The Hall–Kier alpha value is -1.53. The number of hydrogen-bond donors (Lipinski definition) is 2. The van der Waals surface area contributed by atoms with Crippen LogP contribution in [0, 0.1) is 0 Å². The van der Waals surface area contributed by atoms with Gasteiger partial charge in [-0.05, 0) is 0 Å². The first-order valence-corrected chi connectivity index (χ1v) is 5.12. The first kappa shape index (κ1) is 11.0. The summed E-state index contributed by atoms with van der Waals surface area (Å²) in [5.74, 6) is -0.221. The molecule has 0 bridgehead atoms. The fraction of sp³-hybridized carbons (Fsp3) is 0.500. The zero-order valence-electron chi connectivity index (χ0n) is 9.00. The summed E-state index contributed by atoms with van der Waals surface area (Å²) in [6, 6.07) is -0.200. The second-order valence-electron chi connectivity index (χ2n) is 3.80. The van der Waals surface area contributed by atoms with Crippen LogP contribution in [0.25, 0.3) is 0 Å². The van der Waals surface area contributed by atoms with Gasteiger partial charge in [-0.1, -0.05) is 0 Å². The van der Waals surface area contributed by atoms with E-state index < -0.39 is 6.10 Å². The van der Waals surface area contributed by atoms with Crippen molar-refractivity contribution in [1.29, 1.82) is 0 Å². The summed E-state index contributed by atoms with van der Waals surface area (Å²) < 4.78 is 0. The van der Waals surface area contributed by atoms with Gasteiger partial charge in [0.2, 0.25) is 0 Å². The van der Waals surface area contributed by atoms with Gasteiger partial charge in [0.05, 0.1) is 18.3 Å². The molecule has 2 heterocycles. The van der Waals surface area contributed by atoms with Crippen molar-refractivity contribution in [1.82, 2.24) is 20.2 Å². The number of aliphatic hydroxyl groups excluding tert-OH is 1. The van der Waals surface area contributed by atoms with E-state index in [1.807, 2.05) is 0 Å². The minimum atomic E-state index is -0.523. The molecule has 1 amide bonds. The van der Waals surface area contributed by atoms with Gasteiger partial charge < -0.3 is 15.3 Å². The first-order valence-electron chi connectivity index (χ1n) is 5.12. The Kier molecular flexibility index (Phi) is 3.12. The molecule has 0 spiro atoms. The average Bonchev–Trinajstić information content (AvgIpc) is 2.75. The monoisotopic (exact) mass is 222 g/mol. The second-order valence-corrected chi connectivity index (χ2v) is 3.80. The van der Waals surface area contributed by atoms with Crippen molar-refractivity contribution in [3.8, 4) is 0 Å². The Morgan fingerprint density at radius 1 is 1.56 bits per heavy atom. The lowest BCUT2D eigenvalue weighted by Gasteiger charge is -2.25. The van der Waals surface area contributed by atoms with E-state index in [1.54, 1.807) is 7.05 Å². The molecule has 6 heteroatoms. The zero-order chi connectivity index (χ0) is 11.5. The maximum Gasteiger partial charge on any atom is 0.274 e. The third-order valence-electron chi connectivity index (χ3n) is 2.75. The van der Waals surface area contributed by atoms with Crippen LogP contribution in [0.2, 0.25) is 0 Å². The molecule has 0 unspecified atom stereocenters. The van der Waals surface area contributed by atoms with Gasteiger partial charge in [-0.15, -0.1) is 0 Å². The number of β-amino-alcohol motifs (C(OH)–C–C–N with tert-alkyl or cyclic N) is 1. The molecule has 1 saturated heterocycles. The number of hydrogen-bond acceptors (Lipinski definition) is 5. The fourth-order valence-corrected chi connectivity index (χ4v) is 1.79. The molecule has 2 atom stereocenters. The number of nitrogens with zero attached hydrogens (tertiary/aromatic N) is 3. The lowest BCUT2D eigenvalue weighted by Crippen LogP contribution is -2.44. The Balaban J connectivity index is 2.10. The molecule has 2 N–H and O–H groups in total. The molecule has 0 radical (unpaired) electrons. The smallest absolute Gasteiger partial charge is 0.274 e. The number of carbonyl (C=O) groups excluding carboxylic acids is 1. The molecular weight excluding hydrogens is 208 g/mol. The van der Waals surface area contributed by atoms with Gasteiger partial charge >= 0.3 is 0 Å². The van der Waals surface area contributed by atoms with Crippen molar-refractivity contribution in [2.75, 3.05) is 20.1 Å². The number of likely N-dealkylation sites (N-methyl/N-ethyl adjacent to an activating group) is 1. The molecule has 86 valence electrons. The van der Waals surface area contributed by atoms with Gasteiger partial charge in [0.25, 0.3) is 5.91 Å². The highest BCUT2D eigenvalue weighted by atomic mass is 16.3. The third kappa shape index (κ3) is 2.02. The summed E-state index contributed by atoms with van der Waals surface area (Å²) in [5.41, 5.74) is 0.295. The molecule has 1 aromatic rings. The van der Waals surface area contributed by atoms with Crippen molar-refractivity contribution in [2.45, 2.75) is 12.1 Å². The molecule has 16 heavy (non-hydrogen) atoms. The predicted molar refractivity (Wildman–Crippen MR) is 56.8 cm³/mol. The van der Waals surface area contributed by atoms with E-state index in [4.69, 9.17) is 0 Å². The molecule has 6 nitrogen and oxygen atoms in total. The summed E-state index contributed by atoms with van der Waals surface area (Å²) in [6.07, 6.45) is 3.89. The van der Waals surface area contributed by atoms with E-state index in [0.717, 1.165) is 0 Å². The van der Waals surface area contributed by atoms with Crippen LogP contribution in [0.5, 0.6) is 0 Å². The number of aliphatic hydroxyl groups is 1. The standard InChI is InChI=1S/C10H14N4O2/c1-14(8-5-12-6-9(8)15)10(16)7-4-11-2-3-13-7/h2-4,8-9,12,15H,5-6H2,1H3/t8-,9-/m0/s1. The van der Waals surface area contributed by atoms with E-state index in [1.165, 1.54) is 23.5 Å². The van der Waals surface area contributed by atoms with Crippen molar-refractivity contribution >= 4 is 5.91 Å². The Morgan fingerprint density at radius 2 is 2.38 bits per heavy atom. The van der Waals surface area contributed by atoms with Gasteiger partial charge in [-0.2, -0.15) is 0 Å². The van der Waals surface area contributed by atoms with Gasteiger partial charge in [0.1, 0.15) is 5.69 Å². The molecule has 1 aliphatic rings. The molecule has 1 aliphatic heterocycles. The second kappa shape index (κ2) is 4.54. The van der Waals surface area contributed by atoms with Crippen LogP contribution in [-0.2, 0) is 0 Å². The van der Waals surface area contributed by atoms with Gasteiger partial charge in [-0.3, -0.25) is 9.78 Å². The summed E-state index contributed by atoms with van der Waals surface area (Å²) in [6.45, 7) is 1.12. The maximum absolute atomic E-state index is 12.0. The minimum Gasteiger partial charge on any atom is -0.390 e. The maximum atomic E-state index is 12.0. The number of carbonyl (C=O) groups is 1. The van der Waals surface area contributed by atoms with Crippen LogP contribution >= 0.6 is 0 Å². The highest BCUT2D eigenvalue weighted by Gasteiger charge is 2.31. The van der Waals surface area contributed by atoms with E-state index in [0.29, 0.717) is 18.8 Å². The van der Waals surface area contributed by atoms with E-state index in [2.05, 4.69) is 15.3 Å².